The summed E-state index contributed by atoms with van der Waals surface area (Å²) in [5.74, 6) is 0.336. The van der Waals surface area contributed by atoms with Crippen LogP contribution < -0.4 is 10.9 Å². The molecule has 158 valence electrons. The van der Waals surface area contributed by atoms with Crippen LogP contribution in [0.3, 0.4) is 0 Å². The van der Waals surface area contributed by atoms with E-state index in [9.17, 15) is 9.59 Å². The Balaban J connectivity index is 1.86. The predicted molar refractivity (Wildman–Crippen MR) is 126 cm³/mol. The number of nitrogens with zero attached hydrogens (tertiary/aromatic N) is 2. The van der Waals surface area contributed by atoms with Crippen LogP contribution in [0.15, 0.2) is 46.3 Å². The molecule has 30 heavy (non-hydrogen) atoms. The van der Waals surface area contributed by atoms with E-state index in [1.54, 1.807) is 22.8 Å². The van der Waals surface area contributed by atoms with E-state index < -0.39 is 0 Å². The maximum atomic E-state index is 12.9. The number of hydrogen-bond donors (Lipinski definition) is 1. The second kappa shape index (κ2) is 9.67. The molecule has 0 aliphatic rings. The summed E-state index contributed by atoms with van der Waals surface area (Å²) in [5, 5.41) is 4.63. The second-order valence-electron chi connectivity index (χ2n) is 7.54. The van der Waals surface area contributed by atoms with Crippen molar-refractivity contribution in [3.63, 3.8) is 0 Å². The van der Waals surface area contributed by atoms with Crippen LogP contribution in [0.5, 0.6) is 0 Å². The quantitative estimate of drug-likeness (QED) is 0.380. The minimum absolute atomic E-state index is 0.109. The third kappa shape index (κ3) is 4.87. The Morgan fingerprint density at radius 3 is 2.73 bits per heavy atom. The Kier molecular flexibility index (Phi) is 7.21. The van der Waals surface area contributed by atoms with Gasteiger partial charge in [-0.15, -0.1) is 0 Å². The lowest BCUT2D eigenvalue weighted by molar-refractivity contribution is -0.113. The van der Waals surface area contributed by atoms with Crippen molar-refractivity contribution < 1.29 is 4.79 Å². The van der Waals surface area contributed by atoms with Crippen molar-refractivity contribution >= 4 is 45.9 Å². The predicted octanol–water partition coefficient (Wildman–Crippen LogP) is 5.62. The van der Waals surface area contributed by atoms with Gasteiger partial charge in [0.1, 0.15) is 0 Å². The molecule has 0 unspecified atom stereocenters. The fourth-order valence-corrected chi connectivity index (χ4v) is 4.34. The van der Waals surface area contributed by atoms with Gasteiger partial charge >= 0.3 is 0 Å². The first-order valence-electron chi connectivity index (χ1n) is 10.0. The van der Waals surface area contributed by atoms with E-state index in [1.807, 2.05) is 32.0 Å². The minimum atomic E-state index is -0.125. The highest BCUT2D eigenvalue weighted by Gasteiger charge is 2.15. The molecule has 0 saturated heterocycles. The first-order valence-corrected chi connectivity index (χ1v) is 11.4. The van der Waals surface area contributed by atoms with Crippen molar-refractivity contribution in [3.8, 4) is 0 Å². The average molecular weight is 444 g/mol. The molecule has 7 heteroatoms. The molecule has 1 N–H and O–H groups in total. The Morgan fingerprint density at radius 1 is 1.27 bits per heavy atom. The Hall–Kier alpha value is -2.31. The first kappa shape index (κ1) is 22.4. The summed E-state index contributed by atoms with van der Waals surface area (Å²) < 4.78 is 1.64. The number of para-hydroxylation sites is 1. The molecule has 3 rings (SSSR count). The number of carbonyl (C=O) groups excluding carboxylic acids is 1. The number of rotatable bonds is 7. The molecule has 0 aliphatic heterocycles. The number of anilines is 1. The van der Waals surface area contributed by atoms with Crippen LogP contribution in [0, 0.1) is 6.92 Å². The summed E-state index contributed by atoms with van der Waals surface area (Å²) in [6.07, 6.45) is 0.793. The SMILES string of the molecule is CCCn1c(SCC(=O)Nc2c(C)cccc2C(C)C)nc2cc(Cl)ccc2c1=O. The number of hydrogen-bond acceptors (Lipinski definition) is 4. The van der Waals surface area contributed by atoms with Crippen LogP contribution in [-0.2, 0) is 11.3 Å². The number of aromatic nitrogens is 2. The number of benzene rings is 2. The van der Waals surface area contributed by atoms with Crippen LogP contribution in [0.25, 0.3) is 10.9 Å². The Bertz CT molecular complexity index is 1140. The summed E-state index contributed by atoms with van der Waals surface area (Å²) >= 11 is 7.34. The first-order chi connectivity index (χ1) is 14.3. The second-order valence-corrected chi connectivity index (χ2v) is 8.92. The summed E-state index contributed by atoms with van der Waals surface area (Å²) in [4.78, 5) is 30.3. The van der Waals surface area contributed by atoms with Crippen molar-refractivity contribution in [1.29, 1.82) is 0 Å². The standard InChI is InChI=1S/C23H26ClN3O2S/c1-5-11-27-22(29)18-10-9-16(24)12-19(18)25-23(27)30-13-20(28)26-21-15(4)7-6-8-17(21)14(2)3/h6-10,12,14H,5,11,13H2,1-4H3,(H,26,28). The van der Waals surface area contributed by atoms with Gasteiger partial charge in [0.2, 0.25) is 5.91 Å². The largest absolute Gasteiger partial charge is 0.325 e. The zero-order chi connectivity index (χ0) is 21.8. The van der Waals surface area contributed by atoms with Crippen LogP contribution >= 0.6 is 23.4 Å². The zero-order valence-electron chi connectivity index (χ0n) is 17.7. The minimum Gasteiger partial charge on any atom is -0.325 e. The number of carbonyl (C=O) groups is 1. The highest BCUT2D eigenvalue weighted by Crippen LogP contribution is 2.28. The summed E-state index contributed by atoms with van der Waals surface area (Å²) in [6, 6.07) is 11.1. The lowest BCUT2D eigenvalue weighted by Gasteiger charge is -2.17. The molecule has 2 aromatic carbocycles. The molecule has 5 nitrogen and oxygen atoms in total. The molecule has 0 bridgehead atoms. The van der Waals surface area contributed by atoms with E-state index >= 15 is 0 Å². The maximum absolute atomic E-state index is 12.9. The third-order valence-electron chi connectivity index (χ3n) is 4.85. The fraction of sp³-hybridized carbons (Fsp3) is 0.348. The molecule has 1 amide bonds. The summed E-state index contributed by atoms with van der Waals surface area (Å²) in [5.41, 5.74) is 3.43. The molecule has 0 spiro atoms. The number of amides is 1. The highest BCUT2D eigenvalue weighted by atomic mass is 35.5. The monoisotopic (exact) mass is 443 g/mol. The van der Waals surface area contributed by atoms with E-state index in [0.29, 0.717) is 33.5 Å². The average Bonchev–Trinajstić information content (AvgIpc) is 2.70. The van der Waals surface area contributed by atoms with Gasteiger partial charge in [-0.3, -0.25) is 14.2 Å². The lowest BCUT2D eigenvalue weighted by Crippen LogP contribution is -2.24. The van der Waals surface area contributed by atoms with Gasteiger partial charge in [0.15, 0.2) is 5.16 Å². The molecule has 0 fully saturated rings. The Labute approximate surface area is 185 Å². The molecule has 0 atom stereocenters. The van der Waals surface area contributed by atoms with Crippen LogP contribution in [0.4, 0.5) is 5.69 Å². The van der Waals surface area contributed by atoms with Crippen molar-refractivity contribution in [1.82, 2.24) is 9.55 Å². The van der Waals surface area contributed by atoms with Crippen LogP contribution in [0.1, 0.15) is 44.2 Å². The van der Waals surface area contributed by atoms with Crippen LogP contribution in [-0.4, -0.2) is 21.2 Å². The van der Waals surface area contributed by atoms with Gasteiger partial charge in [0.05, 0.1) is 16.7 Å². The molecule has 0 radical (unpaired) electrons. The van der Waals surface area contributed by atoms with E-state index in [0.717, 1.165) is 23.2 Å². The van der Waals surface area contributed by atoms with Crippen molar-refractivity contribution in [3.05, 3.63) is 62.9 Å². The van der Waals surface area contributed by atoms with Crippen molar-refractivity contribution in [2.45, 2.75) is 51.7 Å². The van der Waals surface area contributed by atoms with Gasteiger partial charge in [-0.05, 0) is 48.6 Å². The number of aryl methyl sites for hydroxylation is 1. The molecule has 0 saturated carbocycles. The number of fused-ring (bicyclic) bond motifs is 1. The van der Waals surface area contributed by atoms with Gasteiger partial charge in [-0.2, -0.15) is 0 Å². The van der Waals surface area contributed by atoms with Gasteiger partial charge in [0.25, 0.3) is 5.56 Å². The number of halogens is 1. The number of thioether (sulfide) groups is 1. The van der Waals surface area contributed by atoms with E-state index in [4.69, 9.17) is 11.6 Å². The van der Waals surface area contributed by atoms with E-state index in [2.05, 4.69) is 24.1 Å². The lowest BCUT2D eigenvalue weighted by atomic mass is 9.98. The summed E-state index contributed by atoms with van der Waals surface area (Å²) in [6.45, 7) is 8.75. The Morgan fingerprint density at radius 2 is 2.03 bits per heavy atom. The normalized spacial score (nSPS) is 11.3. The van der Waals surface area contributed by atoms with Crippen molar-refractivity contribution in [2.75, 3.05) is 11.1 Å². The molecular formula is C23H26ClN3O2S. The van der Waals surface area contributed by atoms with Crippen LogP contribution in [0.2, 0.25) is 5.02 Å². The maximum Gasteiger partial charge on any atom is 0.262 e. The molecular weight excluding hydrogens is 418 g/mol. The van der Waals surface area contributed by atoms with Gasteiger partial charge in [-0.25, -0.2) is 4.98 Å². The topological polar surface area (TPSA) is 64.0 Å². The molecule has 3 aromatic rings. The molecule has 1 heterocycles. The smallest absolute Gasteiger partial charge is 0.262 e. The van der Waals surface area contributed by atoms with E-state index in [-0.39, 0.29) is 17.2 Å². The third-order valence-corrected chi connectivity index (χ3v) is 6.06. The number of nitrogens with one attached hydrogen (secondary N) is 1. The summed E-state index contributed by atoms with van der Waals surface area (Å²) in [7, 11) is 0. The van der Waals surface area contributed by atoms with E-state index in [1.165, 1.54) is 11.8 Å². The van der Waals surface area contributed by atoms with Gasteiger partial charge in [-0.1, -0.05) is 62.3 Å². The molecule has 1 aromatic heterocycles. The zero-order valence-corrected chi connectivity index (χ0v) is 19.2. The highest BCUT2D eigenvalue weighted by molar-refractivity contribution is 7.99. The van der Waals surface area contributed by atoms with Gasteiger partial charge in [0, 0.05) is 17.3 Å². The fourth-order valence-electron chi connectivity index (χ4n) is 3.35. The van der Waals surface area contributed by atoms with Gasteiger partial charge < -0.3 is 5.32 Å². The van der Waals surface area contributed by atoms with Crippen molar-refractivity contribution in [2.24, 2.45) is 0 Å². The molecule has 0 aliphatic carbocycles.